The molecule has 2 aromatic carbocycles. The summed E-state index contributed by atoms with van der Waals surface area (Å²) in [6.45, 7) is 4.36. The van der Waals surface area contributed by atoms with Crippen LogP contribution >= 0.6 is 15.9 Å². The highest BCUT2D eigenvalue weighted by atomic mass is 79.9. The van der Waals surface area contributed by atoms with Gasteiger partial charge in [0.2, 0.25) is 5.82 Å². The van der Waals surface area contributed by atoms with Crippen LogP contribution in [0.3, 0.4) is 0 Å². The standard InChI is InChI=1S/C18H19BrN4O2/c1-12-7-8-13(2)17(9-12)25-11-14(24)10-23-21-18(20-22-23)15-5-3-4-6-16(15)19/h3-9,14,24H,10-11H2,1-2H3/t14-/m0/s1. The SMILES string of the molecule is Cc1ccc(C)c(OC[C@@H](O)Cn2nnc(-c3ccccc3Br)n2)c1. The molecule has 130 valence electrons. The van der Waals surface area contributed by atoms with Gasteiger partial charge < -0.3 is 9.84 Å². The van der Waals surface area contributed by atoms with Crippen LogP contribution in [-0.4, -0.2) is 38.0 Å². The smallest absolute Gasteiger partial charge is 0.206 e. The van der Waals surface area contributed by atoms with Crippen molar-refractivity contribution in [3.05, 3.63) is 58.1 Å². The quantitative estimate of drug-likeness (QED) is 0.685. The Morgan fingerprint density at radius 2 is 2.00 bits per heavy atom. The molecule has 0 bridgehead atoms. The highest BCUT2D eigenvalue weighted by molar-refractivity contribution is 9.10. The average Bonchev–Trinajstić information content (AvgIpc) is 3.04. The lowest BCUT2D eigenvalue weighted by molar-refractivity contribution is 0.0846. The summed E-state index contributed by atoms with van der Waals surface area (Å²) in [5.74, 6) is 1.29. The lowest BCUT2D eigenvalue weighted by Crippen LogP contribution is -2.25. The molecule has 3 rings (SSSR count). The minimum atomic E-state index is -0.735. The molecular weight excluding hydrogens is 384 g/mol. The fourth-order valence-corrected chi connectivity index (χ4v) is 2.82. The Kier molecular flexibility index (Phi) is 5.45. The number of aryl methyl sites for hydroxylation is 2. The van der Waals surface area contributed by atoms with Gasteiger partial charge in [-0.15, -0.1) is 10.2 Å². The number of aromatic nitrogens is 4. The first-order valence-corrected chi connectivity index (χ1v) is 8.73. The molecule has 0 aliphatic rings. The third-order valence-electron chi connectivity index (χ3n) is 3.72. The number of hydrogen-bond donors (Lipinski definition) is 1. The van der Waals surface area contributed by atoms with Crippen LogP contribution in [-0.2, 0) is 6.54 Å². The van der Waals surface area contributed by atoms with Gasteiger partial charge in [0.25, 0.3) is 0 Å². The Hall–Kier alpha value is -2.25. The molecule has 7 heteroatoms. The second kappa shape index (κ2) is 7.76. The van der Waals surface area contributed by atoms with E-state index in [0.29, 0.717) is 5.82 Å². The zero-order chi connectivity index (χ0) is 17.8. The summed E-state index contributed by atoms with van der Waals surface area (Å²) in [5, 5.41) is 22.6. The van der Waals surface area contributed by atoms with Crippen molar-refractivity contribution in [1.29, 1.82) is 0 Å². The van der Waals surface area contributed by atoms with E-state index in [1.807, 2.05) is 56.3 Å². The van der Waals surface area contributed by atoms with Crippen molar-refractivity contribution in [2.24, 2.45) is 0 Å². The Labute approximate surface area is 154 Å². The molecule has 25 heavy (non-hydrogen) atoms. The minimum Gasteiger partial charge on any atom is -0.491 e. The molecule has 0 spiro atoms. The Balaban J connectivity index is 1.61. The monoisotopic (exact) mass is 402 g/mol. The zero-order valence-electron chi connectivity index (χ0n) is 14.1. The van der Waals surface area contributed by atoms with E-state index >= 15 is 0 Å². The second-order valence-electron chi connectivity index (χ2n) is 5.88. The van der Waals surface area contributed by atoms with Crippen molar-refractivity contribution in [3.8, 4) is 17.1 Å². The van der Waals surface area contributed by atoms with Gasteiger partial charge in [0.05, 0.1) is 6.54 Å². The molecule has 0 aliphatic heterocycles. The van der Waals surface area contributed by atoms with Crippen LogP contribution in [0.5, 0.6) is 5.75 Å². The minimum absolute atomic E-state index is 0.163. The van der Waals surface area contributed by atoms with Crippen LogP contribution in [0.1, 0.15) is 11.1 Å². The van der Waals surface area contributed by atoms with Crippen LogP contribution in [0.2, 0.25) is 0 Å². The van der Waals surface area contributed by atoms with Gasteiger partial charge in [-0.05, 0) is 48.4 Å². The zero-order valence-corrected chi connectivity index (χ0v) is 15.6. The maximum Gasteiger partial charge on any atom is 0.206 e. The van der Waals surface area contributed by atoms with Gasteiger partial charge in [0.1, 0.15) is 18.5 Å². The molecule has 0 fully saturated rings. The summed E-state index contributed by atoms with van der Waals surface area (Å²) < 4.78 is 6.61. The normalized spacial score (nSPS) is 12.2. The van der Waals surface area contributed by atoms with Gasteiger partial charge >= 0.3 is 0 Å². The molecule has 1 N–H and O–H groups in total. The van der Waals surface area contributed by atoms with Gasteiger partial charge in [-0.2, -0.15) is 4.80 Å². The predicted octanol–water partition coefficient (Wildman–Crippen LogP) is 3.16. The maximum absolute atomic E-state index is 10.2. The molecule has 1 atom stereocenters. The first-order valence-electron chi connectivity index (χ1n) is 7.94. The van der Waals surface area contributed by atoms with Crippen LogP contribution in [0.25, 0.3) is 11.4 Å². The van der Waals surface area contributed by atoms with Gasteiger partial charge in [0.15, 0.2) is 0 Å². The van der Waals surface area contributed by atoms with Gasteiger partial charge in [-0.1, -0.05) is 40.2 Å². The van der Waals surface area contributed by atoms with E-state index in [4.69, 9.17) is 4.74 Å². The predicted molar refractivity (Wildman–Crippen MR) is 98.4 cm³/mol. The lowest BCUT2D eigenvalue weighted by atomic mass is 10.1. The molecule has 0 unspecified atom stereocenters. The van der Waals surface area contributed by atoms with Crippen LogP contribution in [0.15, 0.2) is 46.9 Å². The first kappa shape index (κ1) is 17.6. The number of nitrogens with zero attached hydrogens (tertiary/aromatic N) is 4. The van der Waals surface area contributed by atoms with Crippen molar-refractivity contribution in [2.75, 3.05) is 6.61 Å². The maximum atomic E-state index is 10.2. The fourth-order valence-electron chi connectivity index (χ4n) is 2.36. The van der Waals surface area contributed by atoms with E-state index in [1.54, 1.807) is 0 Å². The number of ether oxygens (including phenoxy) is 1. The van der Waals surface area contributed by atoms with E-state index in [-0.39, 0.29) is 13.2 Å². The third kappa shape index (κ3) is 4.43. The summed E-state index contributed by atoms with van der Waals surface area (Å²) >= 11 is 3.47. The van der Waals surface area contributed by atoms with Crippen LogP contribution in [0, 0.1) is 13.8 Å². The van der Waals surface area contributed by atoms with Crippen molar-refractivity contribution >= 4 is 15.9 Å². The number of tetrazole rings is 1. The number of halogens is 1. The molecule has 1 aromatic heterocycles. The number of rotatable bonds is 6. The van der Waals surface area contributed by atoms with Gasteiger partial charge in [-0.3, -0.25) is 0 Å². The van der Waals surface area contributed by atoms with E-state index in [2.05, 4.69) is 31.3 Å². The van der Waals surface area contributed by atoms with E-state index in [9.17, 15) is 5.11 Å². The van der Waals surface area contributed by atoms with Crippen molar-refractivity contribution < 1.29 is 9.84 Å². The van der Waals surface area contributed by atoms with Gasteiger partial charge in [0, 0.05) is 10.0 Å². The Morgan fingerprint density at radius 3 is 2.80 bits per heavy atom. The summed E-state index contributed by atoms with van der Waals surface area (Å²) in [7, 11) is 0. The number of benzene rings is 2. The van der Waals surface area contributed by atoms with Crippen LogP contribution < -0.4 is 4.74 Å². The lowest BCUT2D eigenvalue weighted by Gasteiger charge is -2.13. The topological polar surface area (TPSA) is 73.1 Å². The summed E-state index contributed by atoms with van der Waals surface area (Å²) in [4.78, 5) is 1.38. The molecule has 3 aromatic rings. The third-order valence-corrected chi connectivity index (χ3v) is 4.41. The summed E-state index contributed by atoms with van der Waals surface area (Å²) in [5.41, 5.74) is 3.01. The van der Waals surface area contributed by atoms with E-state index < -0.39 is 6.10 Å². The average molecular weight is 403 g/mol. The summed E-state index contributed by atoms with van der Waals surface area (Å²) in [6.07, 6.45) is -0.735. The number of aliphatic hydroxyl groups excluding tert-OH is 1. The molecule has 1 heterocycles. The molecule has 0 amide bonds. The van der Waals surface area contributed by atoms with E-state index in [0.717, 1.165) is 26.9 Å². The van der Waals surface area contributed by atoms with E-state index in [1.165, 1.54) is 4.80 Å². The molecule has 6 nitrogen and oxygen atoms in total. The largest absolute Gasteiger partial charge is 0.491 e. The fraction of sp³-hybridized carbons (Fsp3) is 0.278. The Morgan fingerprint density at radius 1 is 1.20 bits per heavy atom. The second-order valence-corrected chi connectivity index (χ2v) is 6.74. The highest BCUT2D eigenvalue weighted by Crippen LogP contribution is 2.24. The van der Waals surface area contributed by atoms with Crippen LogP contribution in [0.4, 0.5) is 0 Å². The molecule has 0 saturated carbocycles. The molecular formula is C18H19BrN4O2. The number of hydrogen-bond acceptors (Lipinski definition) is 5. The molecule has 0 radical (unpaired) electrons. The number of aliphatic hydroxyl groups is 1. The Bertz CT molecular complexity index is 866. The van der Waals surface area contributed by atoms with Crippen molar-refractivity contribution in [2.45, 2.75) is 26.5 Å². The molecule has 0 aliphatic carbocycles. The summed E-state index contributed by atoms with van der Waals surface area (Å²) in [6, 6.07) is 13.6. The van der Waals surface area contributed by atoms with Crippen molar-refractivity contribution in [1.82, 2.24) is 20.2 Å². The molecule has 0 saturated heterocycles. The van der Waals surface area contributed by atoms with Gasteiger partial charge in [-0.25, -0.2) is 0 Å². The first-order chi connectivity index (χ1) is 12.0. The van der Waals surface area contributed by atoms with Crippen molar-refractivity contribution in [3.63, 3.8) is 0 Å². The highest BCUT2D eigenvalue weighted by Gasteiger charge is 2.13.